The lowest BCUT2D eigenvalue weighted by Gasteiger charge is -2.34. The second-order valence-corrected chi connectivity index (χ2v) is 16.6. The second kappa shape index (κ2) is 11.7. The quantitative estimate of drug-likeness (QED) is 0.383. The number of nitrogens with zero attached hydrogens (tertiary/aromatic N) is 3. The van der Waals surface area contributed by atoms with Gasteiger partial charge in [-0.3, -0.25) is 0 Å². The van der Waals surface area contributed by atoms with E-state index in [1.165, 1.54) is 24.4 Å². The van der Waals surface area contributed by atoms with E-state index >= 15 is 0 Å². The lowest BCUT2D eigenvalue weighted by atomic mass is 9.82. The molecule has 6 nitrogen and oxygen atoms in total. The molecule has 1 saturated carbocycles. The molecule has 1 aromatic carbocycles. The summed E-state index contributed by atoms with van der Waals surface area (Å²) in [5.74, 6) is 1.92. The van der Waals surface area contributed by atoms with Gasteiger partial charge in [0.1, 0.15) is 13.1 Å². The molecular formula is C26H42N4O2Si. The number of rotatable bonds is 10. The highest BCUT2D eigenvalue weighted by molar-refractivity contribution is 6.76. The van der Waals surface area contributed by atoms with Crippen LogP contribution < -0.4 is 5.32 Å². The van der Waals surface area contributed by atoms with Gasteiger partial charge in [-0.05, 0) is 62.6 Å². The van der Waals surface area contributed by atoms with E-state index in [0.717, 1.165) is 51.3 Å². The molecule has 2 aromatic rings. The van der Waals surface area contributed by atoms with Gasteiger partial charge in [-0.25, -0.2) is 9.67 Å². The van der Waals surface area contributed by atoms with Gasteiger partial charge in [0.2, 0.25) is 0 Å². The van der Waals surface area contributed by atoms with Crippen LogP contribution in [0.25, 0.3) is 0 Å². The fourth-order valence-electron chi connectivity index (χ4n) is 5.04. The van der Waals surface area contributed by atoms with Gasteiger partial charge in [-0.2, -0.15) is 5.10 Å². The average molecular weight is 471 g/mol. The fraction of sp³-hybridized carbons (Fsp3) is 0.692. The summed E-state index contributed by atoms with van der Waals surface area (Å²) in [5.41, 5.74) is 1.48. The molecule has 1 aliphatic carbocycles. The number of benzene rings is 1. The van der Waals surface area contributed by atoms with Crippen molar-refractivity contribution in [1.29, 1.82) is 0 Å². The largest absolute Gasteiger partial charge is 0.377 e. The number of piperidine rings is 1. The zero-order valence-electron chi connectivity index (χ0n) is 20.7. The monoisotopic (exact) mass is 470 g/mol. The Morgan fingerprint density at radius 1 is 1.06 bits per heavy atom. The lowest BCUT2D eigenvalue weighted by Crippen LogP contribution is -2.44. The molecule has 1 saturated heterocycles. The number of aromatic nitrogens is 3. The van der Waals surface area contributed by atoms with Crippen LogP contribution in [-0.2, 0) is 16.2 Å². The van der Waals surface area contributed by atoms with E-state index in [2.05, 4.69) is 60.3 Å². The summed E-state index contributed by atoms with van der Waals surface area (Å²) >= 11 is 0. The van der Waals surface area contributed by atoms with Crippen molar-refractivity contribution >= 4 is 8.07 Å². The predicted molar refractivity (Wildman–Crippen MR) is 135 cm³/mol. The zero-order chi connectivity index (χ0) is 23.1. The highest BCUT2D eigenvalue weighted by Crippen LogP contribution is 2.34. The first-order valence-electron chi connectivity index (χ1n) is 12.8. The number of hydrogen-bond acceptors (Lipinski definition) is 5. The molecule has 4 rings (SSSR count). The standard InChI is InChI=1S/C26H42N4O2Si/c1-33(2,3)17-16-31-20-30-19-28-26(29-30)24-10-7-15-27-25(24)18-32-23-13-11-22(12-14-23)21-8-5-4-6-9-21/h4-6,8-9,19,22-25,27H,7,10-18,20H2,1-3H3/t22-,23+,24-,25-/m0/s1. The third-order valence-electron chi connectivity index (χ3n) is 7.15. The van der Waals surface area contributed by atoms with Gasteiger partial charge >= 0.3 is 0 Å². The Kier molecular flexibility index (Phi) is 8.74. The third kappa shape index (κ3) is 7.47. The summed E-state index contributed by atoms with van der Waals surface area (Å²) in [4.78, 5) is 4.64. The summed E-state index contributed by atoms with van der Waals surface area (Å²) in [7, 11) is -1.06. The van der Waals surface area contributed by atoms with Crippen molar-refractivity contribution in [2.75, 3.05) is 19.8 Å². The lowest BCUT2D eigenvalue weighted by molar-refractivity contribution is 0.00510. The first-order chi connectivity index (χ1) is 16.0. The Morgan fingerprint density at radius 3 is 2.61 bits per heavy atom. The molecule has 0 radical (unpaired) electrons. The molecule has 2 heterocycles. The van der Waals surface area contributed by atoms with E-state index in [0.29, 0.717) is 24.7 Å². The van der Waals surface area contributed by atoms with Crippen molar-refractivity contribution in [2.45, 2.75) is 94.9 Å². The van der Waals surface area contributed by atoms with Crippen LogP contribution in [0.2, 0.25) is 25.7 Å². The van der Waals surface area contributed by atoms with Crippen molar-refractivity contribution in [3.05, 3.63) is 48.0 Å². The van der Waals surface area contributed by atoms with Crippen LogP contribution >= 0.6 is 0 Å². The van der Waals surface area contributed by atoms with Gasteiger partial charge in [-0.1, -0.05) is 50.0 Å². The molecule has 1 aliphatic heterocycles. The molecule has 7 heteroatoms. The number of hydrogen-bond donors (Lipinski definition) is 1. The minimum Gasteiger partial charge on any atom is -0.377 e. The summed E-state index contributed by atoms with van der Waals surface area (Å²) in [6.07, 6.45) is 9.21. The van der Waals surface area contributed by atoms with Crippen molar-refractivity contribution in [3.63, 3.8) is 0 Å². The molecule has 1 aromatic heterocycles. The molecule has 0 spiro atoms. The number of ether oxygens (including phenoxy) is 2. The van der Waals surface area contributed by atoms with E-state index in [9.17, 15) is 0 Å². The fourth-order valence-corrected chi connectivity index (χ4v) is 5.80. The summed E-state index contributed by atoms with van der Waals surface area (Å²) in [6, 6.07) is 12.4. The zero-order valence-corrected chi connectivity index (χ0v) is 21.7. The maximum Gasteiger partial charge on any atom is 0.155 e. The second-order valence-electron chi connectivity index (χ2n) is 11.0. The van der Waals surface area contributed by atoms with Crippen LogP contribution in [0.4, 0.5) is 0 Å². The highest BCUT2D eigenvalue weighted by Gasteiger charge is 2.31. The Labute approximate surface area is 200 Å². The van der Waals surface area contributed by atoms with Crippen LogP contribution in [0.1, 0.15) is 61.7 Å². The molecule has 2 aliphatic rings. The summed E-state index contributed by atoms with van der Waals surface area (Å²) in [6.45, 7) is 10.2. The van der Waals surface area contributed by atoms with Crippen molar-refractivity contribution in [1.82, 2.24) is 20.1 Å². The van der Waals surface area contributed by atoms with Crippen LogP contribution in [-0.4, -0.2) is 54.7 Å². The Balaban J connectivity index is 1.23. The van der Waals surface area contributed by atoms with Crippen molar-refractivity contribution < 1.29 is 9.47 Å². The minimum atomic E-state index is -1.06. The Morgan fingerprint density at radius 2 is 1.85 bits per heavy atom. The molecule has 0 amide bonds. The van der Waals surface area contributed by atoms with E-state index in [-0.39, 0.29) is 6.04 Å². The van der Waals surface area contributed by atoms with E-state index < -0.39 is 8.07 Å². The van der Waals surface area contributed by atoms with Gasteiger partial charge < -0.3 is 14.8 Å². The topological polar surface area (TPSA) is 61.2 Å². The molecule has 0 unspecified atom stereocenters. The van der Waals surface area contributed by atoms with Crippen LogP contribution in [0, 0.1) is 0 Å². The molecule has 1 N–H and O–H groups in total. The van der Waals surface area contributed by atoms with Gasteiger partial charge in [0.15, 0.2) is 5.82 Å². The highest BCUT2D eigenvalue weighted by atomic mass is 28.3. The van der Waals surface area contributed by atoms with E-state index in [4.69, 9.17) is 14.6 Å². The first-order valence-corrected chi connectivity index (χ1v) is 16.6. The van der Waals surface area contributed by atoms with E-state index in [1.54, 1.807) is 0 Å². The van der Waals surface area contributed by atoms with Gasteiger partial charge in [-0.15, -0.1) is 0 Å². The first kappa shape index (κ1) is 24.6. The molecule has 182 valence electrons. The Hall–Kier alpha value is -1.54. The Bertz CT molecular complexity index is 830. The normalized spacial score (nSPS) is 26.4. The summed E-state index contributed by atoms with van der Waals surface area (Å²) in [5, 5.41) is 8.43. The third-order valence-corrected chi connectivity index (χ3v) is 8.85. The van der Waals surface area contributed by atoms with Crippen molar-refractivity contribution in [2.24, 2.45) is 0 Å². The van der Waals surface area contributed by atoms with Crippen LogP contribution in [0.15, 0.2) is 36.7 Å². The smallest absolute Gasteiger partial charge is 0.155 e. The molecule has 33 heavy (non-hydrogen) atoms. The van der Waals surface area contributed by atoms with Gasteiger partial charge in [0, 0.05) is 26.6 Å². The molecule has 0 bridgehead atoms. The molecule has 2 atom stereocenters. The van der Waals surface area contributed by atoms with Gasteiger partial charge in [0.25, 0.3) is 0 Å². The average Bonchev–Trinajstić information content (AvgIpc) is 3.30. The van der Waals surface area contributed by atoms with E-state index in [1.807, 2.05) is 11.0 Å². The van der Waals surface area contributed by atoms with Crippen LogP contribution in [0.5, 0.6) is 0 Å². The predicted octanol–water partition coefficient (Wildman–Crippen LogP) is 5.17. The van der Waals surface area contributed by atoms with Gasteiger partial charge in [0.05, 0.1) is 12.7 Å². The maximum absolute atomic E-state index is 6.43. The SMILES string of the molecule is C[Si](C)(C)CCOCn1cnc([C@H]2CCCN[C@H]2CO[C@H]2CC[C@@H](c3ccccc3)CC2)n1. The minimum absolute atomic E-state index is 0.286. The van der Waals surface area contributed by atoms with Crippen molar-refractivity contribution in [3.8, 4) is 0 Å². The molecular weight excluding hydrogens is 428 g/mol. The van der Waals surface area contributed by atoms with Crippen LogP contribution in [0.3, 0.4) is 0 Å². The maximum atomic E-state index is 6.43. The molecule has 2 fully saturated rings. The summed E-state index contributed by atoms with van der Waals surface area (Å²) < 4.78 is 14.1. The number of nitrogens with one attached hydrogen (secondary N) is 1.